The summed E-state index contributed by atoms with van der Waals surface area (Å²) in [5, 5.41) is 5.13. The number of ether oxygens (including phenoxy) is 2. The number of imide groups is 1. The van der Waals surface area contributed by atoms with Crippen molar-refractivity contribution in [3.05, 3.63) is 42.2 Å². The fraction of sp³-hybridized carbons (Fsp3) is 0.455. The van der Waals surface area contributed by atoms with Crippen LogP contribution in [-0.2, 0) is 11.8 Å². The number of anilines is 1. The molecule has 1 aliphatic rings. The van der Waals surface area contributed by atoms with Crippen molar-refractivity contribution in [2.45, 2.75) is 32.7 Å². The Morgan fingerprint density at radius 1 is 1.17 bits per heavy atom. The van der Waals surface area contributed by atoms with Crippen molar-refractivity contribution in [1.82, 2.24) is 9.88 Å². The summed E-state index contributed by atoms with van der Waals surface area (Å²) in [6, 6.07) is 8.99. The second kappa shape index (κ2) is 10.2. The molecule has 1 fully saturated rings. The van der Waals surface area contributed by atoms with Gasteiger partial charge >= 0.3 is 6.03 Å². The summed E-state index contributed by atoms with van der Waals surface area (Å²) in [5.41, 5.74) is 1.75. The van der Waals surface area contributed by atoms with Gasteiger partial charge in [0, 0.05) is 37.8 Å². The molecule has 2 heterocycles. The van der Waals surface area contributed by atoms with E-state index in [2.05, 4.69) is 21.3 Å². The number of benzene rings is 1. The van der Waals surface area contributed by atoms with Gasteiger partial charge in [-0.3, -0.25) is 10.1 Å². The molecule has 0 aliphatic carbocycles. The number of hydrogen-bond acceptors (Lipinski definition) is 4. The number of aryl methyl sites for hydroxylation is 1. The molecular weight excluding hydrogens is 384 g/mol. The number of carbonyl (C=O) groups excluding carboxylic acids is 2. The van der Waals surface area contributed by atoms with Gasteiger partial charge in [0.05, 0.1) is 25.5 Å². The Morgan fingerprint density at radius 3 is 2.63 bits per heavy atom. The molecule has 1 aliphatic heterocycles. The van der Waals surface area contributed by atoms with Gasteiger partial charge in [-0.05, 0) is 38.1 Å². The van der Waals surface area contributed by atoms with E-state index in [0.717, 1.165) is 19.4 Å². The zero-order chi connectivity index (χ0) is 21.5. The van der Waals surface area contributed by atoms with Crippen LogP contribution in [0.25, 0.3) is 0 Å². The van der Waals surface area contributed by atoms with Gasteiger partial charge in [0.15, 0.2) is 18.0 Å². The van der Waals surface area contributed by atoms with E-state index in [1.807, 2.05) is 33.2 Å². The maximum absolute atomic E-state index is 12.5. The van der Waals surface area contributed by atoms with Crippen molar-refractivity contribution in [2.24, 2.45) is 7.05 Å². The SMILES string of the molecule is CCOc1ccc(NC(=O)NC(=O)C[NH+]2CCC[C@H]2c2cccn2C)cc1OCC. The number of aromatic nitrogens is 1. The van der Waals surface area contributed by atoms with Gasteiger partial charge < -0.3 is 24.3 Å². The van der Waals surface area contributed by atoms with E-state index in [1.54, 1.807) is 18.2 Å². The lowest BCUT2D eigenvalue weighted by atomic mass is 10.1. The van der Waals surface area contributed by atoms with Gasteiger partial charge in [-0.2, -0.15) is 0 Å². The molecule has 0 saturated carbocycles. The molecule has 3 N–H and O–H groups in total. The number of likely N-dealkylation sites (tertiary alicyclic amines) is 1. The smallest absolute Gasteiger partial charge is 0.326 e. The average Bonchev–Trinajstić information content (AvgIpc) is 3.32. The highest BCUT2D eigenvalue weighted by atomic mass is 16.5. The highest BCUT2D eigenvalue weighted by molar-refractivity contribution is 6.01. The molecule has 3 amide bonds. The number of amides is 3. The Morgan fingerprint density at radius 2 is 1.93 bits per heavy atom. The van der Waals surface area contributed by atoms with Crippen molar-refractivity contribution in [3.8, 4) is 11.5 Å². The lowest BCUT2D eigenvalue weighted by Crippen LogP contribution is -3.11. The lowest BCUT2D eigenvalue weighted by molar-refractivity contribution is -0.911. The molecule has 1 aromatic carbocycles. The first-order valence-electron chi connectivity index (χ1n) is 10.5. The lowest BCUT2D eigenvalue weighted by Gasteiger charge is -2.21. The van der Waals surface area contributed by atoms with Crippen LogP contribution in [0, 0.1) is 0 Å². The predicted molar refractivity (Wildman–Crippen MR) is 114 cm³/mol. The van der Waals surface area contributed by atoms with Gasteiger partial charge in [-0.15, -0.1) is 0 Å². The molecule has 3 rings (SSSR count). The van der Waals surface area contributed by atoms with Crippen LogP contribution in [0.4, 0.5) is 10.5 Å². The molecule has 0 spiro atoms. The molecule has 1 aromatic heterocycles. The molecule has 1 saturated heterocycles. The van der Waals surface area contributed by atoms with Gasteiger partial charge in [0.1, 0.15) is 6.04 Å². The van der Waals surface area contributed by atoms with Crippen LogP contribution >= 0.6 is 0 Å². The van der Waals surface area contributed by atoms with Crippen molar-refractivity contribution < 1.29 is 24.0 Å². The zero-order valence-electron chi connectivity index (χ0n) is 17.9. The van der Waals surface area contributed by atoms with Crippen molar-refractivity contribution in [1.29, 1.82) is 0 Å². The van der Waals surface area contributed by atoms with Gasteiger partial charge in [-0.1, -0.05) is 0 Å². The molecule has 0 radical (unpaired) electrons. The maximum Gasteiger partial charge on any atom is 0.326 e. The van der Waals surface area contributed by atoms with Crippen molar-refractivity contribution in [3.63, 3.8) is 0 Å². The zero-order valence-corrected chi connectivity index (χ0v) is 17.9. The summed E-state index contributed by atoms with van der Waals surface area (Å²) in [5.74, 6) is 0.876. The number of hydrogen-bond donors (Lipinski definition) is 3. The quantitative estimate of drug-likeness (QED) is 0.615. The summed E-state index contributed by atoms with van der Waals surface area (Å²) in [6.07, 6.45) is 4.13. The third kappa shape index (κ3) is 5.33. The summed E-state index contributed by atoms with van der Waals surface area (Å²) in [4.78, 5) is 26.0. The summed E-state index contributed by atoms with van der Waals surface area (Å²) >= 11 is 0. The standard InChI is InChI=1S/C22H30N4O4/c1-4-29-19-11-10-16(14-20(19)30-5-2)23-22(28)24-21(27)15-26-13-7-9-18(26)17-8-6-12-25(17)3/h6,8,10-12,14,18H,4-5,7,9,13,15H2,1-3H3,(H2,23,24,27,28)/p+1/t18-/m0/s1. The van der Waals surface area contributed by atoms with E-state index in [0.29, 0.717) is 30.4 Å². The van der Waals surface area contributed by atoms with Gasteiger partial charge in [-0.25, -0.2) is 4.79 Å². The highest BCUT2D eigenvalue weighted by Crippen LogP contribution is 2.30. The van der Waals surface area contributed by atoms with Crippen molar-refractivity contribution >= 4 is 17.6 Å². The molecule has 1 unspecified atom stereocenters. The minimum Gasteiger partial charge on any atom is -0.490 e. The number of nitrogens with zero attached hydrogens (tertiary/aromatic N) is 1. The molecule has 8 nitrogen and oxygen atoms in total. The van der Waals surface area contributed by atoms with E-state index in [4.69, 9.17) is 9.47 Å². The molecule has 162 valence electrons. The van der Waals surface area contributed by atoms with E-state index < -0.39 is 6.03 Å². The van der Waals surface area contributed by atoms with E-state index in [-0.39, 0.29) is 18.5 Å². The topological polar surface area (TPSA) is 86.0 Å². The number of nitrogens with one attached hydrogen (secondary N) is 3. The summed E-state index contributed by atoms with van der Waals surface area (Å²) in [6.45, 7) is 5.95. The number of quaternary nitrogens is 1. The Labute approximate surface area is 177 Å². The first kappa shape index (κ1) is 21.7. The number of rotatable bonds is 8. The maximum atomic E-state index is 12.5. The number of carbonyl (C=O) groups is 2. The largest absolute Gasteiger partial charge is 0.490 e. The Hall–Kier alpha value is -3.00. The van der Waals surface area contributed by atoms with E-state index >= 15 is 0 Å². The van der Waals surface area contributed by atoms with Crippen LogP contribution in [-0.4, -0.2) is 42.8 Å². The molecular formula is C22H31N4O4+. The second-order valence-corrected chi connectivity index (χ2v) is 7.35. The van der Waals surface area contributed by atoms with Crippen LogP contribution in [0.15, 0.2) is 36.5 Å². The van der Waals surface area contributed by atoms with Crippen LogP contribution < -0.4 is 25.0 Å². The molecule has 8 heteroatoms. The Kier molecular flexibility index (Phi) is 7.35. The van der Waals surface area contributed by atoms with Crippen LogP contribution in [0.2, 0.25) is 0 Å². The predicted octanol–water partition coefficient (Wildman–Crippen LogP) is 1.89. The normalized spacial score (nSPS) is 18.1. The van der Waals surface area contributed by atoms with E-state index in [9.17, 15) is 9.59 Å². The highest BCUT2D eigenvalue weighted by Gasteiger charge is 2.33. The van der Waals surface area contributed by atoms with Crippen LogP contribution in [0.5, 0.6) is 11.5 Å². The summed E-state index contributed by atoms with van der Waals surface area (Å²) in [7, 11) is 2.02. The van der Waals surface area contributed by atoms with Crippen LogP contribution in [0.3, 0.4) is 0 Å². The Balaban J connectivity index is 1.56. The minimum atomic E-state index is -0.555. The third-order valence-electron chi connectivity index (χ3n) is 5.27. The van der Waals surface area contributed by atoms with E-state index in [1.165, 1.54) is 10.6 Å². The number of urea groups is 1. The monoisotopic (exact) mass is 415 g/mol. The van der Waals surface area contributed by atoms with Crippen molar-refractivity contribution in [2.75, 3.05) is 31.6 Å². The molecule has 2 aromatic rings. The van der Waals surface area contributed by atoms with Gasteiger partial charge in [0.25, 0.3) is 5.91 Å². The van der Waals surface area contributed by atoms with Crippen LogP contribution in [0.1, 0.15) is 38.4 Å². The molecule has 2 atom stereocenters. The first-order valence-corrected chi connectivity index (χ1v) is 10.5. The Bertz CT molecular complexity index is 880. The van der Waals surface area contributed by atoms with Gasteiger partial charge in [0.2, 0.25) is 0 Å². The fourth-order valence-electron chi connectivity index (χ4n) is 3.98. The molecule has 0 bridgehead atoms. The average molecular weight is 416 g/mol. The fourth-order valence-corrected chi connectivity index (χ4v) is 3.98. The molecule has 30 heavy (non-hydrogen) atoms. The third-order valence-corrected chi connectivity index (χ3v) is 5.27. The minimum absolute atomic E-state index is 0.261. The summed E-state index contributed by atoms with van der Waals surface area (Å²) < 4.78 is 13.2. The second-order valence-electron chi connectivity index (χ2n) is 7.35. The first-order chi connectivity index (χ1) is 14.5.